The van der Waals surface area contributed by atoms with Crippen LogP contribution < -0.4 is 4.74 Å². The van der Waals surface area contributed by atoms with E-state index in [4.69, 9.17) is 4.74 Å². The Kier molecular flexibility index (Phi) is 5.56. The summed E-state index contributed by atoms with van der Waals surface area (Å²) in [5.41, 5.74) is 1.81. The Morgan fingerprint density at radius 2 is 1.96 bits per heavy atom. The molecule has 1 aliphatic rings. The fourth-order valence-corrected chi connectivity index (χ4v) is 3.45. The number of para-hydroxylation sites is 1. The molecule has 0 bridgehead atoms. The van der Waals surface area contributed by atoms with Crippen LogP contribution >= 0.6 is 0 Å². The second-order valence-electron chi connectivity index (χ2n) is 6.91. The van der Waals surface area contributed by atoms with Gasteiger partial charge in [0.15, 0.2) is 0 Å². The molecule has 0 saturated carbocycles. The van der Waals surface area contributed by atoms with Crippen LogP contribution in [0.3, 0.4) is 0 Å². The Morgan fingerprint density at radius 3 is 2.79 bits per heavy atom. The summed E-state index contributed by atoms with van der Waals surface area (Å²) in [4.78, 5) is 27.6. The molecule has 1 unspecified atom stereocenters. The summed E-state index contributed by atoms with van der Waals surface area (Å²) in [6.07, 6.45) is 9.17. The van der Waals surface area contributed by atoms with Crippen LogP contribution in [0.25, 0.3) is 0 Å². The first-order chi connectivity index (χ1) is 13.8. The molecule has 28 heavy (non-hydrogen) atoms. The van der Waals surface area contributed by atoms with Gasteiger partial charge in [0, 0.05) is 37.6 Å². The zero-order valence-electron chi connectivity index (χ0n) is 15.6. The molecule has 1 aromatic carbocycles. The summed E-state index contributed by atoms with van der Waals surface area (Å²) in [5.74, 6) is 1.49. The lowest BCUT2D eigenvalue weighted by Crippen LogP contribution is -2.40. The van der Waals surface area contributed by atoms with E-state index < -0.39 is 0 Å². The van der Waals surface area contributed by atoms with Crippen LogP contribution in [0.2, 0.25) is 0 Å². The van der Waals surface area contributed by atoms with E-state index in [9.17, 15) is 4.79 Å². The lowest BCUT2D eigenvalue weighted by molar-refractivity contribution is -0.131. The van der Waals surface area contributed by atoms with Gasteiger partial charge < -0.3 is 9.64 Å². The number of aromatic nitrogens is 3. The number of nitrogens with zero attached hydrogens (tertiary/aromatic N) is 4. The van der Waals surface area contributed by atoms with Gasteiger partial charge in [-0.3, -0.25) is 14.8 Å². The minimum absolute atomic E-state index is 0.127. The maximum Gasteiger partial charge on any atom is 0.238 e. The number of hydrogen-bond donors (Lipinski definition) is 0. The molecule has 142 valence electrons. The van der Waals surface area contributed by atoms with Crippen LogP contribution in [0.5, 0.6) is 11.6 Å². The highest BCUT2D eigenvalue weighted by Crippen LogP contribution is 2.27. The predicted octanol–water partition coefficient (Wildman–Crippen LogP) is 3.61. The Bertz CT molecular complexity index is 918. The quantitative estimate of drug-likeness (QED) is 0.682. The van der Waals surface area contributed by atoms with Crippen LogP contribution in [-0.2, 0) is 11.2 Å². The van der Waals surface area contributed by atoms with Gasteiger partial charge in [0.2, 0.25) is 11.8 Å². The second-order valence-corrected chi connectivity index (χ2v) is 6.91. The van der Waals surface area contributed by atoms with E-state index in [0.717, 1.165) is 36.4 Å². The second kappa shape index (κ2) is 8.61. The normalized spacial score (nSPS) is 16.6. The summed E-state index contributed by atoms with van der Waals surface area (Å²) in [5, 5.41) is 0. The molecular weight excluding hydrogens is 352 g/mol. The van der Waals surface area contributed by atoms with Gasteiger partial charge in [-0.05, 0) is 36.6 Å². The highest BCUT2D eigenvalue weighted by molar-refractivity contribution is 5.78. The number of likely N-dealkylation sites (tertiary alicyclic amines) is 1. The van der Waals surface area contributed by atoms with Crippen LogP contribution in [-0.4, -0.2) is 38.8 Å². The number of piperidine rings is 1. The first-order valence-corrected chi connectivity index (χ1v) is 9.49. The number of carbonyl (C=O) groups is 1. The summed E-state index contributed by atoms with van der Waals surface area (Å²) in [6.45, 7) is 1.44. The van der Waals surface area contributed by atoms with Gasteiger partial charge in [0.25, 0.3) is 0 Å². The third-order valence-electron chi connectivity index (χ3n) is 4.87. The molecule has 1 fully saturated rings. The molecule has 0 N–H and O–H groups in total. The van der Waals surface area contributed by atoms with Gasteiger partial charge in [-0.1, -0.05) is 24.3 Å². The van der Waals surface area contributed by atoms with Crippen molar-refractivity contribution >= 4 is 5.91 Å². The molecule has 1 saturated heterocycles. The zero-order valence-corrected chi connectivity index (χ0v) is 15.6. The Balaban J connectivity index is 1.43. The van der Waals surface area contributed by atoms with Gasteiger partial charge in [-0.15, -0.1) is 0 Å². The molecule has 4 rings (SSSR count). The van der Waals surface area contributed by atoms with Crippen LogP contribution in [0.15, 0.2) is 67.3 Å². The topological polar surface area (TPSA) is 68.2 Å². The monoisotopic (exact) mass is 374 g/mol. The fourth-order valence-electron chi connectivity index (χ4n) is 3.45. The van der Waals surface area contributed by atoms with Crippen molar-refractivity contribution in [2.24, 2.45) is 0 Å². The summed E-state index contributed by atoms with van der Waals surface area (Å²) in [6, 6.07) is 13.3. The molecule has 0 aliphatic carbocycles. The first-order valence-electron chi connectivity index (χ1n) is 9.49. The molecule has 0 spiro atoms. The molecule has 2 aromatic heterocycles. The maximum atomic E-state index is 12.7. The summed E-state index contributed by atoms with van der Waals surface area (Å²) < 4.78 is 5.80. The van der Waals surface area contributed by atoms with Crippen molar-refractivity contribution in [2.75, 3.05) is 13.1 Å². The highest BCUT2D eigenvalue weighted by atomic mass is 16.5. The summed E-state index contributed by atoms with van der Waals surface area (Å²) in [7, 11) is 0. The van der Waals surface area contributed by atoms with Crippen molar-refractivity contribution in [1.29, 1.82) is 0 Å². The minimum Gasteiger partial charge on any atom is -0.437 e. The summed E-state index contributed by atoms with van der Waals surface area (Å²) >= 11 is 0. The number of amides is 1. The van der Waals surface area contributed by atoms with E-state index in [0.29, 0.717) is 18.8 Å². The molecule has 3 heterocycles. The third kappa shape index (κ3) is 4.52. The van der Waals surface area contributed by atoms with E-state index in [1.165, 1.54) is 0 Å². The van der Waals surface area contributed by atoms with E-state index >= 15 is 0 Å². The Labute approximate surface area is 164 Å². The first kappa shape index (κ1) is 18.1. The largest absolute Gasteiger partial charge is 0.437 e. The Morgan fingerprint density at radius 1 is 1.07 bits per heavy atom. The lowest BCUT2D eigenvalue weighted by Gasteiger charge is -2.32. The van der Waals surface area contributed by atoms with Gasteiger partial charge in [0.1, 0.15) is 5.75 Å². The van der Waals surface area contributed by atoms with Crippen molar-refractivity contribution in [3.05, 3.63) is 78.5 Å². The predicted molar refractivity (Wildman–Crippen MR) is 105 cm³/mol. The lowest BCUT2D eigenvalue weighted by atomic mass is 9.94. The van der Waals surface area contributed by atoms with E-state index in [-0.39, 0.29) is 11.8 Å². The van der Waals surface area contributed by atoms with Crippen molar-refractivity contribution in [1.82, 2.24) is 19.9 Å². The van der Waals surface area contributed by atoms with E-state index in [1.54, 1.807) is 24.8 Å². The zero-order chi connectivity index (χ0) is 19.2. The average molecular weight is 374 g/mol. The maximum absolute atomic E-state index is 12.7. The fraction of sp³-hybridized carbons (Fsp3) is 0.273. The van der Waals surface area contributed by atoms with Crippen LogP contribution in [0.1, 0.15) is 30.0 Å². The number of hydrogen-bond acceptors (Lipinski definition) is 5. The standard InChI is InChI=1S/C22H22N4O2/c27-22(12-17-6-4-10-23-13-17)26-11-5-7-18(16-26)20-14-24-15-21(25-20)28-19-8-2-1-3-9-19/h1-4,6,8-10,13-15,18H,5,7,11-12,16H2. The van der Waals surface area contributed by atoms with Crippen molar-refractivity contribution in [2.45, 2.75) is 25.2 Å². The number of pyridine rings is 1. The van der Waals surface area contributed by atoms with E-state index in [1.807, 2.05) is 47.4 Å². The highest BCUT2D eigenvalue weighted by Gasteiger charge is 2.26. The van der Waals surface area contributed by atoms with Crippen molar-refractivity contribution in [3.63, 3.8) is 0 Å². The van der Waals surface area contributed by atoms with Gasteiger partial charge >= 0.3 is 0 Å². The SMILES string of the molecule is O=C(Cc1cccnc1)N1CCCC(c2cncc(Oc3ccccc3)n2)C1. The molecule has 0 radical (unpaired) electrons. The van der Waals surface area contributed by atoms with Crippen molar-refractivity contribution in [3.8, 4) is 11.6 Å². The van der Waals surface area contributed by atoms with Gasteiger partial charge in [0.05, 0.1) is 18.3 Å². The number of benzene rings is 1. The minimum atomic E-state index is 0.127. The van der Waals surface area contributed by atoms with Gasteiger partial charge in [-0.2, -0.15) is 0 Å². The molecule has 1 aliphatic heterocycles. The van der Waals surface area contributed by atoms with Crippen LogP contribution in [0.4, 0.5) is 0 Å². The molecule has 1 atom stereocenters. The van der Waals surface area contributed by atoms with Gasteiger partial charge in [-0.25, -0.2) is 4.98 Å². The molecule has 1 amide bonds. The molecule has 3 aromatic rings. The molecule has 6 heteroatoms. The molecule has 6 nitrogen and oxygen atoms in total. The van der Waals surface area contributed by atoms with E-state index in [2.05, 4.69) is 15.0 Å². The third-order valence-corrected chi connectivity index (χ3v) is 4.87. The smallest absolute Gasteiger partial charge is 0.238 e. The number of carbonyl (C=O) groups excluding carboxylic acids is 1. The van der Waals surface area contributed by atoms with Crippen molar-refractivity contribution < 1.29 is 9.53 Å². The van der Waals surface area contributed by atoms with Crippen LogP contribution in [0, 0.1) is 0 Å². The Hall–Kier alpha value is -3.28. The number of rotatable bonds is 5. The molecular formula is C22H22N4O2. The number of ether oxygens (including phenoxy) is 1. The average Bonchev–Trinajstić information content (AvgIpc) is 2.75.